The van der Waals surface area contributed by atoms with Crippen LogP contribution in [0.5, 0.6) is 11.5 Å². The summed E-state index contributed by atoms with van der Waals surface area (Å²) in [5.41, 5.74) is 1.77. The van der Waals surface area contributed by atoms with Crippen molar-refractivity contribution in [3.8, 4) is 11.5 Å². The molecule has 0 saturated carbocycles. The van der Waals surface area contributed by atoms with Crippen LogP contribution in [0.3, 0.4) is 0 Å². The SMILES string of the molecule is CCOc1ccccc1OC(=O)c1ccc(C(C)(C)C)cc1. The predicted molar refractivity (Wildman–Crippen MR) is 87.7 cm³/mol. The second kappa shape index (κ2) is 6.65. The van der Waals surface area contributed by atoms with Gasteiger partial charge in [-0.2, -0.15) is 0 Å². The summed E-state index contributed by atoms with van der Waals surface area (Å²) in [7, 11) is 0. The highest BCUT2D eigenvalue weighted by atomic mass is 16.6. The first kappa shape index (κ1) is 16.1. The number of para-hydroxylation sites is 2. The average molecular weight is 298 g/mol. The van der Waals surface area contributed by atoms with Crippen LogP contribution in [0.2, 0.25) is 0 Å². The molecule has 2 aromatic rings. The van der Waals surface area contributed by atoms with Crippen LogP contribution in [0, 0.1) is 0 Å². The number of esters is 1. The molecule has 3 heteroatoms. The predicted octanol–water partition coefficient (Wildman–Crippen LogP) is 4.60. The van der Waals surface area contributed by atoms with E-state index in [1.807, 2.05) is 31.2 Å². The van der Waals surface area contributed by atoms with Crippen molar-refractivity contribution in [3.05, 3.63) is 59.7 Å². The van der Waals surface area contributed by atoms with E-state index in [0.717, 1.165) is 0 Å². The van der Waals surface area contributed by atoms with Crippen LogP contribution in [0.15, 0.2) is 48.5 Å². The maximum atomic E-state index is 12.3. The summed E-state index contributed by atoms with van der Waals surface area (Å²) >= 11 is 0. The molecule has 0 amide bonds. The highest BCUT2D eigenvalue weighted by molar-refractivity contribution is 5.91. The van der Waals surface area contributed by atoms with Crippen LogP contribution in [-0.2, 0) is 5.41 Å². The van der Waals surface area contributed by atoms with Crippen molar-refractivity contribution in [3.63, 3.8) is 0 Å². The molecule has 0 aliphatic carbocycles. The number of hydrogen-bond acceptors (Lipinski definition) is 3. The first-order chi connectivity index (χ1) is 10.4. The van der Waals surface area contributed by atoms with Crippen molar-refractivity contribution in [2.75, 3.05) is 6.61 Å². The van der Waals surface area contributed by atoms with E-state index < -0.39 is 0 Å². The van der Waals surface area contributed by atoms with Gasteiger partial charge < -0.3 is 9.47 Å². The van der Waals surface area contributed by atoms with E-state index in [2.05, 4.69) is 20.8 Å². The van der Waals surface area contributed by atoms with Gasteiger partial charge in [0.2, 0.25) is 0 Å². The largest absolute Gasteiger partial charge is 0.490 e. The van der Waals surface area contributed by atoms with Gasteiger partial charge in [0, 0.05) is 0 Å². The Morgan fingerprint density at radius 2 is 1.55 bits per heavy atom. The fourth-order valence-electron chi connectivity index (χ4n) is 2.07. The van der Waals surface area contributed by atoms with Crippen molar-refractivity contribution in [1.82, 2.24) is 0 Å². The van der Waals surface area contributed by atoms with E-state index in [0.29, 0.717) is 23.7 Å². The van der Waals surface area contributed by atoms with Gasteiger partial charge in [-0.25, -0.2) is 4.79 Å². The van der Waals surface area contributed by atoms with Crippen LogP contribution in [0.1, 0.15) is 43.6 Å². The molecule has 0 spiro atoms. The third-order valence-corrected chi connectivity index (χ3v) is 3.34. The molecule has 0 aromatic heterocycles. The monoisotopic (exact) mass is 298 g/mol. The van der Waals surface area contributed by atoms with E-state index in [-0.39, 0.29) is 11.4 Å². The van der Waals surface area contributed by atoms with Gasteiger partial charge in [0.15, 0.2) is 11.5 Å². The molecule has 0 N–H and O–H groups in total. The van der Waals surface area contributed by atoms with Crippen molar-refractivity contribution in [2.45, 2.75) is 33.1 Å². The summed E-state index contributed by atoms with van der Waals surface area (Å²) in [6.45, 7) is 8.83. The number of rotatable bonds is 4. The highest BCUT2D eigenvalue weighted by Gasteiger charge is 2.16. The quantitative estimate of drug-likeness (QED) is 0.611. The van der Waals surface area contributed by atoms with Gasteiger partial charge in [0.1, 0.15) is 0 Å². The van der Waals surface area contributed by atoms with E-state index >= 15 is 0 Å². The number of carbonyl (C=O) groups is 1. The summed E-state index contributed by atoms with van der Waals surface area (Å²) in [6.07, 6.45) is 0. The summed E-state index contributed by atoms with van der Waals surface area (Å²) in [5.74, 6) is 0.631. The van der Waals surface area contributed by atoms with Gasteiger partial charge in [-0.3, -0.25) is 0 Å². The van der Waals surface area contributed by atoms with Crippen molar-refractivity contribution < 1.29 is 14.3 Å². The Hall–Kier alpha value is -2.29. The lowest BCUT2D eigenvalue weighted by Gasteiger charge is -2.19. The lowest BCUT2D eigenvalue weighted by molar-refractivity contribution is 0.0728. The molecule has 3 nitrogen and oxygen atoms in total. The normalized spacial score (nSPS) is 11.1. The standard InChI is InChI=1S/C19H22O3/c1-5-21-16-8-6-7-9-17(16)22-18(20)14-10-12-15(13-11-14)19(2,3)4/h6-13H,5H2,1-4H3. The van der Waals surface area contributed by atoms with E-state index in [1.165, 1.54) is 5.56 Å². The first-order valence-corrected chi connectivity index (χ1v) is 7.46. The van der Waals surface area contributed by atoms with Gasteiger partial charge in [0.25, 0.3) is 0 Å². The molecule has 0 aliphatic rings. The molecule has 0 bridgehead atoms. The lowest BCUT2D eigenvalue weighted by Crippen LogP contribution is -2.13. The molecular formula is C19H22O3. The van der Waals surface area contributed by atoms with Gasteiger partial charge in [-0.05, 0) is 42.2 Å². The zero-order valence-corrected chi connectivity index (χ0v) is 13.6. The zero-order chi connectivity index (χ0) is 16.2. The Morgan fingerprint density at radius 1 is 0.955 bits per heavy atom. The van der Waals surface area contributed by atoms with Gasteiger partial charge in [-0.15, -0.1) is 0 Å². The number of benzene rings is 2. The average Bonchev–Trinajstić information content (AvgIpc) is 2.49. The van der Waals surface area contributed by atoms with E-state index in [4.69, 9.17) is 9.47 Å². The van der Waals surface area contributed by atoms with Gasteiger partial charge in [-0.1, -0.05) is 45.0 Å². The fourth-order valence-corrected chi connectivity index (χ4v) is 2.07. The van der Waals surface area contributed by atoms with Gasteiger partial charge in [0.05, 0.1) is 12.2 Å². The highest BCUT2D eigenvalue weighted by Crippen LogP contribution is 2.27. The van der Waals surface area contributed by atoms with Gasteiger partial charge >= 0.3 is 5.97 Å². The third-order valence-electron chi connectivity index (χ3n) is 3.34. The lowest BCUT2D eigenvalue weighted by atomic mass is 9.87. The smallest absolute Gasteiger partial charge is 0.343 e. The Balaban J connectivity index is 2.16. The Morgan fingerprint density at radius 3 is 2.09 bits per heavy atom. The molecule has 2 aromatic carbocycles. The summed E-state index contributed by atoms with van der Waals surface area (Å²) in [4.78, 5) is 12.3. The zero-order valence-electron chi connectivity index (χ0n) is 13.6. The minimum atomic E-state index is -0.382. The minimum absolute atomic E-state index is 0.0595. The second-order valence-electron chi connectivity index (χ2n) is 6.10. The Bertz CT molecular complexity index is 636. The first-order valence-electron chi connectivity index (χ1n) is 7.46. The Labute approximate surface area is 131 Å². The Kier molecular flexibility index (Phi) is 4.86. The van der Waals surface area contributed by atoms with Crippen molar-refractivity contribution >= 4 is 5.97 Å². The summed E-state index contributed by atoms with van der Waals surface area (Å²) in [6, 6.07) is 14.7. The van der Waals surface area contributed by atoms with E-state index in [1.54, 1.807) is 24.3 Å². The van der Waals surface area contributed by atoms with Crippen molar-refractivity contribution in [1.29, 1.82) is 0 Å². The van der Waals surface area contributed by atoms with Crippen LogP contribution in [0.25, 0.3) is 0 Å². The maximum Gasteiger partial charge on any atom is 0.343 e. The molecule has 2 rings (SSSR count). The molecule has 0 unspecified atom stereocenters. The molecule has 22 heavy (non-hydrogen) atoms. The maximum absolute atomic E-state index is 12.3. The topological polar surface area (TPSA) is 35.5 Å². The molecule has 0 saturated heterocycles. The molecule has 0 aliphatic heterocycles. The minimum Gasteiger partial charge on any atom is -0.490 e. The third kappa shape index (κ3) is 3.88. The molecule has 0 heterocycles. The number of carbonyl (C=O) groups excluding carboxylic acids is 1. The number of ether oxygens (including phenoxy) is 2. The summed E-state index contributed by atoms with van der Waals surface area (Å²) in [5, 5.41) is 0. The fraction of sp³-hybridized carbons (Fsp3) is 0.316. The molecule has 0 atom stereocenters. The molecule has 0 fully saturated rings. The van der Waals surface area contributed by atoms with Crippen LogP contribution >= 0.6 is 0 Å². The van der Waals surface area contributed by atoms with Crippen LogP contribution in [0.4, 0.5) is 0 Å². The second-order valence-corrected chi connectivity index (χ2v) is 6.10. The van der Waals surface area contributed by atoms with Crippen LogP contribution < -0.4 is 9.47 Å². The van der Waals surface area contributed by atoms with E-state index in [9.17, 15) is 4.79 Å². The number of hydrogen-bond donors (Lipinski definition) is 0. The van der Waals surface area contributed by atoms with Crippen molar-refractivity contribution in [2.24, 2.45) is 0 Å². The molecule has 0 radical (unpaired) electrons. The summed E-state index contributed by atoms with van der Waals surface area (Å²) < 4.78 is 10.9. The molecule has 116 valence electrons. The van der Waals surface area contributed by atoms with Crippen LogP contribution in [-0.4, -0.2) is 12.6 Å². The molecular weight excluding hydrogens is 276 g/mol.